The fraction of sp³-hybridized carbons (Fsp3) is 0.667. The number of rotatable bonds is 5. The summed E-state index contributed by atoms with van der Waals surface area (Å²) in [5.41, 5.74) is 2.94. The molecule has 4 unspecified atom stereocenters. The molecule has 0 radical (unpaired) electrons. The summed E-state index contributed by atoms with van der Waals surface area (Å²) < 4.78 is 1.72. The third-order valence-electron chi connectivity index (χ3n) is 6.22. The smallest absolute Gasteiger partial charge is 0.252 e. The first-order chi connectivity index (χ1) is 12.1. The highest BCUT2D eigenvalue weighted by Gasteiger charge is 2.47. The fourth-order valence-corrected chi connectivity index (χ4v) is 4.91. The molecule has 2 fully saturated rings. The highest BCUT2D eigenvalue weighted by Crippen LogP contribution is 2.48. The Labute approximate surface area is 146 Å². The van der Waals surface area contributed by atoms with Gasteiger partial charge in [-0.1, -0.05) is 0 Å². The standard InChI is InChI=1S/C18H25N5O2/c1-10-14(11(2)23-18(21-10)19-9-20-23)5-6-16(25)22-17-13-4-3-12(7-13)15(17)8-24/h9,12-13,15,17,24H,3-8H2,1-2H3,(H,22,25). The minimum Gasteiger partial charge on any atom is -0.396 e. The molecule has 0 aromatic carbocycles. The highest BCUT2D eigenvalue weighted by molar-refractivity contribution is 5.76. The van der Waals surface area contributed by atoms with Gasteiger partial charge in [0.05, 0.1) is 0 Å². The quantitative estimate of drug-likeness (QED) is 0.851. The third kappa shape index (κ3) is 2.80. The van der Waals surface area contributed by atoms with Crippen molar-refractivity contribution in [2.45, 2.75) is 52.0 Å². The van der Waals surface area contributed by atoms with Crippen LogP contribution >= 0.6 is 0 Å². The minimum absolute atomic E-state index is 0.0634. The molecule has 134 valence electrons. The fourth-order valence-electron chi connectivity index (χ4n) is 4.91. The van der Waals surface area contributed by atoms with E-state index in [9.17, 15) is 9.90 Å². The minimum atomic E-state index is 0.0634. The van der Waals surface area contributed by atoms with Crippen LogP contribution in [-0.4, -0.2) is 43.2 Å². The van der Waals surface area contributed by atoms with E-state index in [1.807, 2.05) is 13.8 Å². The largest absolute Gasteiger partial charge is 0.396 e. The summed E-state index contributed by atoms with van der Waals surface area (Å²) in [6.45, 7) is 4.12. The summed E-state index contributed by atoms with van der Waals surface area (Å²) in [4.78, 5) is 21.1. The van der Waals surface area contributed by atoms with Gasteiger partial charge in [-0.05, 0) is 56.9 Å². The molecule has 2 heterocycles. The van der Waals surface area contributed by atoms with E-state index >= 15 is 0 Å². The number of nitrogens with one attached hydrogen (secondary N) is 1. The molecule has 2 aliphatic rings. The first-order valence-electron chi connectivity index (χ1n) is 9.14. The molecular weight excluding hydrogens is 318 g/mol. The van der Waals surface area contributed by atoms with Gasteiger partial charge in [0.15, 0.2) is 0 Å². The Hall–Kier alpha value is -2.02. The molecule has 25 heavy (non-hydrogen) atoms. The number of carbonyl (C=O) groups is 1. The number of aliphatic hydroxyl groups is 1. The molecule has 4 rings (SSSR count). The number of aromatic nitrogens is 4. The van der Waals surface area contributed by atoms with E-state index < -0.39 is 0 Å². The van der Waals surface area contributed by atoms with Crippen LogP contribution < -0.4 is 5.32 Å². The highest BCUT2D eigenvalue weighted by atomic mass is 16.3. The monoisotopic (exact) mass is 343 g/mol. The second-order valence-corrected chi connectivity index (χ2v) is 7.51. The molecule has 0 saturated heterocycles. The molecule has 7 nitrogen and oxygen atoms in total. The van der Waals surface area contributed by atoms with Crippen molar-refractivity contribution in [2.75, 3.05) is 6.61 Å². The molecule has 1 amide bonds. The third-order valence-corrected chi connectivity index (χ3v) is 6.22. The van der Waals surface area contributed by atoms with Gasteiger partial charge in [0.1, 0.15) is 6.33 Å². The van der Waals surface area contributed by atoms with Crippen molar-refractivity contribution in [2.24, 2.45) is 17.8 Å². The number of aliphatic hydroxyl groups excluding tert-OH is 1. The van der Waals surface area contributed by atoms with E-state index in [1.54, 1.807) is 4.52 Å². The summed E-state index contributed by atoms with van der Waals surface area (Å²) in [7, 11) is 0. The zero-order valence-electron chi connectivity index (χ0n) is 14.8. The lowest BCUT2D eigenvalue weighted by atomic mass is 9.85. The van der Waals surface area contributed by atoms with Crippen LogP contribution in [0, 0.1) is 31.6 Å². The van der Waals surface area contributed by atoms with Crippen LogP contribution in [0.1, 0.15) is 42.6 Å². The maximum atomic E-state index is 12.5. The van der Waals surface area contributed by atoms with Crippen molar-refractivity contribution >= 4 is 11.7 Å². The van der Waals surface area contributed by atoms with Crippen molar-refractivity contribution in [3.05, 3.63) is 23.3 Å². The lowest BCUT2D eigenvalue weighted by Crippen LogP contribution is -2.45. The normalized spacial score (nSPS) is 28.0. The average molecular weight is 343 g/mol. The Kier molecular flexibility index (Phi) is 4.19. The molecular formula is C18H25N5O2. The van der Waals surface area contributed by atoms with Gasteiger partial charge in [-0.25, -0.2) is 9.50 Å². The van der Waals surface area contributed by atoms with E-state index in [2.05, 4.69) is 20.4 Å². The van der Waals surface area contributed by atoms with Crippen molar-refractivity contribution in [3.63, 3.8) is 0 Å². The second kappa shape index (κ2) is 6.37. The Morgan fingerprint density at radius 3 is 2.96 bits per heavy atom. The number of amides is 1. The molecule has 4 atom stereocenters. The van der Waals surface area contributed by atoms with Crippen LogP contribution in [0.2, 0.25) is 0 Å². The number of fused-ring (bicyclic) bond motifs is 3. The predicted octanol–water partition coefficient (Wildman–Crippen LogP) is 1.20. The second-order valence-electron chi connectivity index (χ2n) is 7.51. The molecule has 2 aromatic heterocycles. The zero-order valence-corrected chi connectivity index (χ0v) is 14.8. The van der Waals surface area contributed by atoms with Crippen molar-refractivity contribution in [3.8, 4) is 0 Å². The lowest BCUT2D eigenvalue weighted by molar-refractivity contribution is -0.122. The Balaban J connectivity index is 1.42. The number of nitrogens with zero attached hydrogens (tertiary/aromatic N) is 4. The van der Waals surface area contributed by atoms with Gasteiger partial charge < -0.3 is 10.4 Å². The Morgan fingerprint density at radius 1 is 1.36 bits per heavy atom. The molecule has 7 heteroatoms. The van der Waals surface area contributed by atoms with Gasteiger partial charge in [0.25, 0.3) is 5.78 Å². The van der Waals surface area contributed by atoms with Gasteiger partial charge in [0.2, 0.25) is 5.91 Å². The van der Waals surface area contributed by atoms with Gasteiger partial charge in [-0.15, -0.1) is 0 Å². The van der Waals surface area contributed by atoms with Crippen LogP contribution in [-0.2, 0) is 11.2 Å². The molecule has 2 bridgehead atoms. The molecule has 0 aliphatic heterocycles. The van der Waals surface area contributed by atoms with E-state index in [0.717, 1.165) is 23.4 Å². The Morgan fingerprint density at radius 2 is 2.16 bits per heavy atom. The first kappa shape index (κ1) is 16.4. The maximum Gasteiger partial charge on any atom is 0.252 e. The van der Waals surface area contributed by atoms with Crippen molar-refractivity contribution in [1.82, 2.24) is 24.9 Å². The van der Waals surface area contributed by atoms with E-state index in [-0.39, 0.29) is 24.5 Å². The van der Waals surface area contributed by atoms with E-state index in [4.69, 9.17) is 0 Å². The zero-order chi connectivity index (χ0) is 17.6. The number of hydrogen-bond acceptors (Lipinski definition) is 5. The van der Waals surface area contributed by atoms with Crippen LogP contribution in [0.25, 0.3) is 5.78 Å². The first-order valence-corrected chi connectivity index (χ1v) is 9.14. The van der Waals surface area contributed by atoms with E-state index in [0.29, 0.717) is 30.5 Å². The SMILES string of the molecule is Cc1nc2ncnn2c(C)c1CCC(=O)NC1C2CCC(C2)C1CO. The number of hydrogen-bond donors (Lipinski definition) is 2. The number of aryl methyl sites for hydroxylation is 2. The summed E-state index contributed by atoms with van der Waals surface area (Å²) >= 11 is 0. The molecule has 2 N–H and O–H groups in total. The average Bonchev–Trinajstić information content (AvgIpc) is 3.30. The summed E-state index contributed by atoms with van der Waals surface area (Å²) in [6.07, 6.45) is 6.09. The van der Waals surface area contributed by atoms with Crippen LogP contribution in [0.4, 0.5) is 0 Å². The summed E-state index contributed by atoms with van der Waals surface area (Å²) in [6, 6.07) is 0.148. The topological polar surface area (TPSA) is 92.4 Å². The van der Waals surface area contributed by atoms with Gasteiger partial charge in [-0.3, -0.25) is 4.79 Å². The van der Waals surface area contributed by atoms with Crippen molar-refractivity contribution in [1.29, 1.82) is 0 Å². The van der Waals surface area contributed by atoms with Gasteiger partial charge in [0, 0.05) is 36.4 Å². The maximum absolute atomic E-state index is 12.5. The molecule has 0 spiro atoms. The predicted molar refractivity (Wildman–Crippen MR) is 91.9 cm³/mol. The molecule has 2 aliphatic carbocycles. The van der Waals surface area contributed by atoms with E-state index in [1.165, 1.54) is 19.2 Å². The summed E-state index contributed by atoms with van der Waals surface area (Å²) in [5, 5.41) is 17.0. The summed E-state index contributed by atoms with van der Waals surface area (Å²) in [5.74, 6) is 2.02. The Bertz CT molecular complexity index is 802. The van der Waals surface area contributed by atoms with Crippen LogP contribution in [0.5, 0.6) is 0 Å². The molecule has 2 saturated carbocycles. The number of carbonyl (C=O) groups excluding carboxylic acids is 1. The van der Waals surface area contributed by atoms with Crippen LogP contribution in [0.15, 0.2) is 6.33 Å². The van der Waals surface area contributed by atoms with Crippen molar-refractivity contribution < 1.29 is 9.90 Å². The molecule has 2 aromatic rings. The van der Waals surface area contributed by atoms with Gasteiger partial charge >= 0.3 is 0 Å². The van der Waals surface area contributed by atoms with Crippen LogP contribution in [0.3, 0.4) is 0 Å². The van der Waals surface area contributed by atoms with Gasteiger partial charge in [-0.2, -0.15) is 10.1 Å². The lowest BCUT2D eigenvalue weighted by Gasteiger charge is -2.30.